The lowest BCUT2D eigenvalue weighted by molar-refractivity contribution is -0.116. The average molecular weight is 449 g/mol. The third-order valence-corrected chi connectivity index (χ3v) is 5.15. The molecule has 3 rings (SSSR count). The number of nitrogens with zero attached hydrogens (tertiary/aromatic N) is 4. The molecule has 25 heavy (non-hydrogen) atoms. The molecule has 0 atom stereocenters. The van der Waals surface area contributed by atoms with Gasteiger partial charge in [-0.1, -0.05) is 24.3 Å². The summed E-state index contributed by atoms with van der Waals surface area (Å²) in [5, 5.41) is 11.5. The van der Waals surface area contributed by atoms with Crippen LogP contribution in [-0.4, -0.2) is 25.5 Å². The van der Waals surface area contributed by atoms with Gasteiger partial charge in [0.1, 0.15) is 0 Å². The van der Waals surface area contributed by atoms with Crippen LogP contribution in [-0.2, 0) is 17.9 Å². The molecule has 0 aliphatic rings. The minimum atomic E-state index is -0.0638. The first-order valence-electron chi connectivity index (χ1n) is 8.08. The fourth-order valence-corrected chi connectivity index (χ4v) is 2.94. The molecule has 0 saturated carbocycles. The van der Waals surface area contributed by atoms with Crippen LogP contribution in [0.2, 0.25) is 0 Å². The van der Waals surface area contributed by atoms with Gasteiger partial charge in [-0.15, -0.1) is 0 Å². The van der Waals surface area contributed by atoms with Gasteiger partial charge in [0.05, 0.1) is 22.9 Å². The number of hydrogen-bond donors (Lipinski definition) is 1. The highest BCUT2D eigenvalue weighted by atomic mass is 127. The summed E-state index contributed by atoms with van der Waals surface area (Å²) in [5.41, 5.74) is 3.52. The molecule has 7 heteroatoms. The van der Waals surface area contributed by atoms with Crippen molar-refractivity contribution < 1.29 is 4.79 Å². The van der Waals surface area contributed by atoms with Gasteiger partial charge in [-0.05, 0) is 47.6 Å². The van der Waals surface area contributed by atoms with E-state index in [1.54, 1.807) is 6.20 Å². The van der Waals surface area contributed by atoms with E-state index in [1.807, 2.05) is 40.7 Å². The molecule has 1 aromatic carbocycles. The Morgan fingerprint density at radius 2 is 2.04 bits per heavy atom. The standard InChI is InChI=1S/C18H20IN5O/c1-13-5-3-4-6-15(13)12-23-9-7-17(22-23)21-18(25)8-10-24-14(2)16(19)11-20-24/h3-7,9,11H,8,10,12H2,1-2H3,(H,21,22,25). The third kappa shape index (κ3) is 4.47. The van der Waals surface area contributed by atoms with Crippen LogP contribution in [0.25, 0.3) is 0 Å². The second kappa shape index (κ2) is 7.81. The number of hydrogen-bond acceptors (Lipinski definition) is 3. The Morgan fingerprint density at radius 1 is 1.24 bits per heavy atom. The predicted octanol–water partition coefficient (Wildman–Crippen LogP) is 3.38. The average Bonchev–Trinajstić information content (AvgIpc) is 3.15. The Hall–Kier alpha value is -2.16. The monoisotopic (exact) mass is 449 g/mol. The second-order valence-electron chi connectivity index (χ2n) is 5.92. The lowest BCUT2D eigenvalue weighted by Crippen LogP contribution is -2.16. The van der Waals surface area contributed by atoms with E-state index in [2.05, 4.69) is 57.2 Å². The quantitative estimate of drug-likeness (QED) is 0.587. The molecule has 0 fully saturated rings. The topological polar surface area (TPSA) is 64.7 Å². The molecular weight excluding hydrogens is 429 g/mol. The molecule has 0 unspecified atom stereocenters. The highest BCUT2D eigenvalue weighted by Crippen LogP contribution is 2.12. The predicted molar refractivity (Wildman–Crippen MR) is 105 cm³/mol. The lowest BCUT2D eigenvalue weighted by Gasteiger charge is -2.06. The second-order valence-corrected chi connectivity index (χ2v) is 7.09. The van der Waals surface area contributed by atoms with E-state index in [-0.39, 0.29) is 5.91 Å². The van der Waals surface area contributed by atoms with E-state index in [0.29, 0.717) is 25.3 Å². The van der Waals surface area contributed by atoms with E-state index in [1.165, 1.54) is 11.1 Å². The van der Waals surface area contributed by atoms with Crippen molar-refractivity contribution in [3.8, 4) is 0 Å². The van der Waals surface area contributed by atoms with E-state index in [4.69, 9.17) is 0 Å². The van der Waals surface area contributed by atoms with Crippen LogP contribution in [0.3, 0.4) is 0 Å². The maximum atomic E-state index is 12.1. The molecule has 2 aromatic heterocycles. The minimum Gasteiger partial charge on any atom is -0.309 e. The Morgan fingerprint density at radius 3 is 2.76 bits per heavy atom. The summed E-state index contributed by atoms with van der Waals surface area (Å²) in [7, 11) is 0. The maximum absolute atomic E-state index is 12.1. The van der Waals surface area contributed by atoms with Gasteiger partial charge in [0, 0.05) is 24.4 Å². The minimum absolute atomic E-state index is 0.0638. The molecule has 3 aromatic rings. The van der Waals surface area contributed by atoms with Crippen LogP contribution in [0.4, 0.5) is 5.82 Å². The number of anilines is 1. The molecule has 0 aliphatic carbocycles. The molecule has 0 radical (unpaired) electrons. The van der Waals surface area contributed by atoms with Crippen molar-refractivity contribution >= 4 is 34.3 Å². The van der Waals surface area contributed by atoms with Gasteiger partial charge in [-0.3, -0.25) is 14.2 Å². The zero-order valence-electron chi connectivity index (χ0n) is 14.2. The number of carbonyl (C=O) groups excluding carboxylic acids is 1. The summed E-state index contributed by atoms with van der Waals surface area (Å²) in [4.78, 5) is 12.1. The van der Waals surface area contributed by atoms with Gasteiger partial charge in [0.15, 0.2) is 5.82 Å². The van der Waals surface area contributed by atoms with Crippen molar-refractivity contribution in [2.45, 2.75) is 33.4 Å². The number of rotatable bonds is 6. The Kier molecular flexibility index (Phi) is 5.52. The first-order valence-corrected chi connectivity index (χ1v) is 9.16. The number of carbonyl (C=O) groups is 1. The van der Waals surface area contributed by atoms with E-state index in [0.717, 1.165) is 9.26 Å². The molecule has 0 spiro atoms. The van der Waals surface area contributed by atoms with Gasteiger partial charge >= 0.3 is 0 Å². The first-order chi connectivity index (χ1) is 12.0. The molecule has 2 heterocycles. The van der Waals surface area contributed by atoms with Crippen LogP contribution in [0.15, 0.2) is 42.7 Å². The number of aromatic nitrogens is 4. The van der Waals surface area contributed by atoms with Crippen LogP contribution in [0, 0.1) is 17.4 Å². The van der Waals surface area contributed by atoms with Crippen molar-refractivity contribution in [3.63, 3.8) is 0 Å². The van der Waals surface area contributed by atoms with E-state index < -0.39 is 0 Å². The fraction of sp³-hybridized carbons (Fsp3) is 0.278. The van der Waals surface area contributed by atoms with Gasteiger partial charge < -0.3 is 5.32 Å². The molecule has 130 valence electrons. The third-order valence-electron chi connectivity index (χ3n) is 4.10. The van der Waals surface area contributed by atoms with Gasteiger partial charge in [-0.2, -0.15) is 10.2 Å². The molecule has 1 amide bonds. The van der Waals surface area contributed by atoms with Crippen LogP contribution >= 0.6 is 22.6 Å². The first kappa shape index (κ1) is 17.7. The Bertz CT molecular complexity index is 883. The zero-order chi connectivity index (χ0) is 17.8. The van der Waals surface area contributed by atoms with Gasteiger partial charge in [-0.25, -0.2) is 0 Å². The molecule has 0 aliphatic heterocycles. The van der Waals surface area contributed by atoms with Crippen molar-refractivity contribution in [1.29, 1.82) is 0 Å². The molecule has 6 nitrogen and oxygen atoms in total. The van der Waals surface area contributed by atoms with Gasteiger partial charge in [0.2, 0.25) is 5.91 Å². The van der Waals surface area contributed by atoms with Crippen LogP contribution < -0.4 is 5.32 Å². The summed E-state index contributed by atoms with van der Waals surface area (Å²) < 4.78 is 4.78. The summed E-state index contributed by atoms with van der Waals surface area (Å²) >= 11 is 2.24. The molecule has 0 bridgehead atoms. The zero-order valence-corrected chi connectivity index (χ0v) is 16.4. The van der Waals surface area contributed by atoms with Crippen molar-refractivity contribution in [2.75, 3.05) is 5.32 Å². The summed E-state index contributed by atoms with van der Waals surface area (Å²) in [6, 6.07) is 10.0. The van der Waals surface area contributed by atoms with E-state index >= 15 is 0 Å². The van der Waals surface area contributed by atoms with Crippen molar-refractivity contribution in [2.24, 2.45) is 0 Å². The number of aryl methyl sites for hydroxylation is 2. The van der Waals surface area contributed by atoms with Crippen LogP contribution in [0.5, 0.6) is 0 Å². The fourth-order valence-electron chi connectivity index (χ4n) is 2.54. The highest BCUT2D eigenvalue weighted by Gasteiger charge is 2.09. The summed E-state index contributed by atoms with van der Waals surface area (Å²) in [6.07, 6.45) is 4.05. The number of halogens is 1. The van der Waals surface area contributed by atoms with Crippen molar-refractivity contribution in [1.82, 2.24) is 19.6 Å². The number of nitrogens with one attached hydrogen (secondary N) is 1. The molecule has 1 N–H and O–H groups in total. The number of amides is 1. The molecule has 0 saturated heterocycles. The van der Waals surface area contributed by atoms with Gasteiger partial charge in [0.25, 0.3) is 0 Å². The lowest BCUT2D eigenvalue weighted by atomic mass is 10.1. The Balaban J connectivity index is 1.55. The summed E-state index contributed by atoms with van der Waals surface area (Å²) in [6.45, 7) is 5.33. The maximum Gasteiger partial charge on any atom is 0.227 e. The Labute approximate surface area is 160 Å². The van der Waals surface area contributed by atoms with E-state index in [9.17, 15) is 4.79 Å². The van der Waals surface area contributed by atoms with Crippen molar-refractivity contribution in [3.05, 3.63) is 63.1 Å². The summed E-state index contributed by atoms with van der Waals surface area (Å²) in [5.74, 6) is 0.511. The largest absolute Gasteiger partial charge is 0.309 e. The number of benzene rings is 1. The SMILES string of the molecule is Cc1ccccc1Cn1ccc(NC(=O)CCn2ncc(I)c2C)n1. The molecular formula is C18H20IN5O. The smallest absolute Gasteiger partial charge is 0.227 e. The van der Waals surface area contributed by atoms with Crippen LogP contribution in [0.1, 0.15) is 23.2 Å². The highest BCUT2D eigenvalue weighted by molar-refractivity contribution is 14.1. The normalized spacial score (nSPS) is 10.8.